The summed E-state index contributed by atoms with van der Waals surface area (Å²) in [7, 11) is 0. The number of carbonyl (C=O) groups is 2. The predicted octanol–water partition coefficient (Wildman–Crippen LogP) is 0.0264. The van der Waals surface area contributed by atoms with Gasteiger partial charge in [0.2, 0.25) is 5.91 Å². The molecular weight excluding hydrogens is 299 g/mol. The second kappa shape index (κ2) is 6.64. The minimum Gasteiger partial charge on any atom is -0.342 e. The molecule has 0 aromatic heterocycles. The van der Waals surface area contributed by atoms with Crippen LogP contribution in [0.15, 0.2) is 24.3 Å². The van der Waals surface area contributed by atoms with Crippen LogP contribution in [-0.2, 0) is 9.59 Å². The molecule has 2 N–H and O–H groups in total. The molecule has 0 unspecified atom stereocenters. The van der Waals surface area contributed by atoms with Crippen molar-refractivity contribution in [2.45, 2.75) is 0 Å². The number of amides is 2. The van der Waals surface area contributed by atoms with Crippen molar-refractivity contribution in [1.29, 1.82) is 0 Å². The molecule has 23 heavy (non-hydrogen) atoms. The fourth-order valence-electron chi connectivity index (χ4n) is 3.25. The van der Waals surface area contributed by atoms with Crippen LogP contribution in [0.5, 0.6) is 0 Å². The van der Waals surface area contributed by atoms with Crippen LogP contribution >= 0.6 is 0 Å². The van der Waals surface area contributed by atoms with Gasteiger partial charge in [-0.1, -0.05) is 0 Å². The largest absolute Gasteiger partial charge is 0.342 e. The Morgan fingerprint density at radius 2 is 1.65 bits per heavy atom. The number of hydrogen-bond acceptors (Lipinski definition) is 3. The molecule has 3 aliphatic rings. The first-order valence-electron chi connectivity index (χ1n) is 7.94. The van der Waals surface area contributed by atoms with Crippen molar-refractivity contribution in [3.05, 3.63) is 30.1 Å². The van der Waals surface area contributed by atoms with Crippen molar-refractivity contribution in [3.8, 4) is 0 Å². The topological polar surface area (TPSA) is 61.4 Å². The van der Waals surface area contributed by atoms with Gasteiger partial charge >= 0.3 is 0 Å². The van der Waals surface area contributed by atoms with Crippen molar-refractivity contribution in [2.75, 3.05) is 57.7 Å². The zero-order chi connectivity index (χ0) is 16.3. The molecule has 0 radical (unpaired) electrons. The number of benzene rings is 1. The molecular formula is C16H22FN4O2+. The van der Waals surface area contributed by atoms with Crippen LogP contribution in [0, 0.1) is 5.82 Å². The maximum absolute atomic E-state index is 12.8. The lowest BCUT2D eigenvalue weighted by atomic mass is 10.1. The Hall–Kier alpha value is -1.99. The minimum absolute atomic E-state index is 0.0671. The number of anilines is 1. The van der Waals surface area contributed by atoms with Gasteiger partial charge in [0.1, 0.15) is 5.82 Å². The van der Waals surface area contributed by atoms with Gasteiger partial charge in [0.15, 0.2) is 6.54 Å². The number of hydrogen-bond donors (Lipinski definition) is 2. The molecule has 3 fully saturated rings. The standard InChI is InChI=1S/C16H21FN4O2/c17-13-1-3-14(4-2-13)19-15(22)11-18-16(23)12-21-8-5-20(6-9-21)7-10-21/h1-4H,5-12H2,(H-,18,19,22,23)/p+1. The number of quaternary nitrogens is 1. The lowest BCUT2D eigenvalue weighted by Gasteiger charge is -2.50. The number of nitrogens with zero attached hydrogens (tertiary/aromatic N) is 2. The Morgan fingerprint density at radius 1 is 1.04 bits per heavy atom. The van der Waals surface area contributed by atoms with E-state index in [9.17, 15) is 14.0 Å². The molecule has 2 bridgehead atoms. The summed E-state index contributed by atoms with van der Waals surface area (Å²) in [5.41, 5.74) is 0.514. The number of nitrogens with one attached hydrogen (secondary N) is 2. The second-order valence-electron chi connectivity index (χ2n) is 6.34. The maximum Gasteiger partial charge on any atom is 0.275 e. The third-order valence-corrected chi connectivity index (χ3v) is 4.72. The van der Waals surface area contributed by atoms with Gasteiger partial charge in [-0.05, 0) is 24.3 Å². The summed E-state index contributed by atoms with van der Waals surface area (Å²) in [5.74, 6) is -0.755. The molecule has 0 saturated carbocycles. The lowest BCUT2D eigenvalue weighted by Crippen LogP contribution is -2.69. The molecule has 0 atom stereocenters. The number of fused-ring (bicyclic) bond motifs is 3. The average molecular weight is 321 g/mol. The summed E-state index contributed by atoms with van der Waals surface area (Å²) < 4.78 is 13.6. The Labute approximate surface area is 134 Å². The van der Waals surface area contributed by atoms with E-state index >= 15 is 0 Å². The van der Waals surface area contributed by atoms with E-state index in [0.29, 0.717) is 12.2 Å². The molecule has 1 aromatic rings. The van der Waals surface area contributed by atoms with Crippen molar-refractivity contribution in [3.63, 3.8) is 0 Å². The molecule has 0 spiro atoms. The van der Waals surface area contributed by atoms with Crippen LogP contribution in [0.1, 0.15) is 0 Å². The zero-order valence-corrected chi connectivity index (χ0v) is 13.1. The number of carbonyl (C=O) groups excluding carboxylic acids is 2. The van der Waals surface area contributed by atoms with Gasteiger partial charge in [-0.2, -0.15) is 0 Å². The van der Waals surface area contributed by atoms with Gasteiger partial charge in [0, 0.05) is 25.3 Å². The first-order chi connectivity index (χ1) is 11.0. The lowest BCUT2D eigenvalue weighted by molar-refractivity contribution is -0.933. The summed E-state index contributed by atoms with van der Waals surface area (Å²) in [5, 5.41) is 5.31. The van der Waals surface area contributed by atoms with Gasteiger partial charge < -0.3 is 15.1 Å². The normalized spacial score (nSPS) is 25.9. The number of rotatable bonds is 5. The average Bonchev–Trinajstić information content (AvgIpc) is 2.56. The summed E-state index contributed by atoms with van der Waals surface area (Å²) in [6.07, 6.45) is 0. The third-order valence-electron chi connectivity index (χ3n) is 4.72. The highest BCUT2D eigenvalue weighted by Crippen LogP contribution is 2.18. The summed E-state index contributed by atoms with van der Waals surface area (Å²) >= 11 is 0. The van der Waals surface area contributed by atoms with Gasteiger partial charge in [0.25, 0.3) is 5.91 Å². The molecule has 3 saturated heterocycles. The van der Waals surface area contributed by atoms with Crippen molar-refractivity contribution in [2.24, 2.45) is 0 Å². The van der Waals surface area contributed by atoms with E-state index < -0.39 is 0 Å². The molecule has 1 aromatic carbocycles. The monoisotopic (exact) mass is 321 g/mol. The first kappa shape index (κ1) is 15.9. The summed E-state index contributed by atoms with van der Waals surface area (Å²) in [6, 6.07) is 5.53. The Kier molecular flexibility index (Phi) is 4.58. The Morgan fingerprint density at radius 3 is 2.26 bits per heavy atom. The highest BCUT2D eigenvalue weighted by atomic mass is 19.1. The van der Waals surface area contributed by atoms with E-state index in [1.165, 1.54) is 24.3 Å². The molecule has 7 heteroatoms. The van der Waals surface area contributed by atoms with E-state index in [0.717, 1.165) is 43.8 Å². The van der Waals surface area contributed by atoms with Gasteiger partial charge in [-0.15, -0.1) is 0 Å². The van der Waals surface area contributed by atoms with Crippen LogP contribution in [0.2, 0.25) is 0 Å². The maximum atomic E-state index is 12.8. The van der Waals surface area contributed by atoms with Gasteiger partial charge in [0.05, 0.1) is 26.2 Å². The van der Waals surface area contributed by atoms with Crippen LogP contribution in [0.4, 0.5) is 10.1 Å². The molecule has 0 aliphatic carbocycles. The SMILES string of the molecule is O=C(C[N+]12CCN(CC1)CC2)NCC(=O)Nc1ccc(F)cc1. The zero-order valence-electron chi connectivity index (χ0n) is 13.1. The van der Waals surface area contributed by atoms with E-state index in [2.05, 4.69) is 15.5 Å². The van der Waals surface area contributed by atoms with Crippen molar-refractivity contribution in [1.82, 2.24) is 10.2 Å². The molecule has 124 valence electrons. The van der Waals surface area contributed by atoms with Crippen molar-refractivity contribution >= 4 is 17.5 Å². The minimum atomic E-state index is -0.355. The first-order valence-corrected chi connectivity index (χ1v) is 7.94. The second-order valence-corrected chi connectivity index (χ2v) is 6.34. The molecule has 3 aliphatic heterocycles. The smallest absolute Gasteiger partial charge is 0.275 e. The fourth-order valence-corrected chi connectivity index (χ4v) is 3.25. The number of halogens is 1. The highest BCUT2D eigenvalue weighted by Gasteiger charge is 2.39. The Balaban J connectivity index is 1.43. The highest BCUT2D eigenvalue weighted by molar-refractivity contribution is 5.94. The molecule has 6 nitrogen and oxygen atoms in total. The van der Waals surface area contributed by atoms with Crippen LogP contribution in [-0.4, -0.2) is 73.6 Å². The fraction of sp³-hybridized carbons (Fsp3) is 0.500. The quantitative estimate of drug-likeness (QED) is 0.752. The van der Waals surface area contributed by atoms with Crippen LogP contribution in [0.3, 0.4) is 0 Å². The van der Waals surface area contributed by atoms with E-state index in [4.69, 9.17) is 0 Å². The van der Waals surface area contributed by atoms with Crippen molar-refractivity contribution < 1.29 is 18.5 Å². The van der Waals surface area contributed by atoms with Gasteiger partial charge in [-0.25, -0.2) is 4.39 Å². The summed E-state index contributed by atoms with van der Waals surface area (Å²) in [4.78, 5) is 26.4. The van der Waals surface area contributed by atoms with E-state index in [-0.39, 0.29) is 24.2 Å². The number of piperazine rings is 3. The molecule has 2 amide bonds. The van der Waals surface area contributed by atoms with E-state index in [1.807, 2.05) is 0 Å². The van der Waals surface area contributed by atoms with E-state index in [1.54, 1.807) is 0 Å². The Bertz CT molecular complexity index is 568. The predicted molar refractivity (Wildman–Crippen MR) is 84.2 cm³/mol. The molecule has 3 heterocycles. The van der Waals surface area contributed by atoms with Crippen LogP contribution < -0.4 is 10.6 Å². The summed E-state index contributed by atoms with van der Waals surface area (Å²) in [6.45, 7) is 6.56. The third kappa shape index (κ3) is 4.05. The van der Waals surface area contributed by atoms with Crippen LogP contribution in [0.25, 0.3) is 0 Å². The molecule has 4 rings (SSSR count). The van der Waals surface area contributed by atoms with Gasteiger partial charge in [-0.3, -0.25) is 14.5 Å².